The maximum Gasteiger partial charge on any atom is 0.317 e. The molecule has 1 N–H and O–H groups in total. The van der Waals surface area contributed by atoms with Crippen molar-refractivity contribution in [3.8, 4) is 11.5 Å². The lowest BCUT2D eigenvalue weighted by atomic mass is 10.2. The van der Waals surface area contributed by atoms with Crippen molar-refractivity contribution in [3.05, 3.63) is 35.4 Å². The number of nitrogens with zero attached hydrogens (tertiary/aromatic N) is 4. The molecular weight excluding hydrogens is 310 g/mol. The van der Waals surface area contributed by atoms with E-state index < -0.39 is 0 Å². The molecule has 2 aromatic rings. The molecule has 2 amide bonds. The zero-order valence-corrected chi connectivity index (χ0v) is 13.5. The highest BCUT2D eigenvalue weighted by Gasteiger charge is 2.20. The maximum absolute atomic E-state index is 12.3. The van der Waals surface area contributed by atoms with Crippen molar-refractivity contribution in [1.82, 2.24) is 25.0 Å². The van der Waals surface area contributed by atoms with Gasteiger partial charge in [0.25, 0.3) is 0 Å². The SMILES string of the molecule is CN(Cc1nnc2n1CCC2)C(=O)NCc1ccc2c(c1)OCO2. The predicted octanol–water partition coefficient (Wildman–Crippen LogP) is 1.29. The van der Waals surface area contributed by atoms with Crippen LogP contribution in [0.15, 0.2) is 18.2 Å². The van der Waals surface area contributed by atoms with Crippen molar-refractivity contribution in [2.75, 3.05) is 13.8 Å². The third-order valence-electron chi connectivity index (χ3n) is 4.29. The summed E-state index contributed by atoms with van der Waals surface area (Å²) < 4.78 is 12.7. The molecule has 8 nitrogen and oxygen atoms in total. The van der Waals surface area contributed by atoms with Crippen LogP contribution in [-0.2, 0) is 26.1 Å². The van der Waals surface area contributed by atoms with Crippen LogP contribution in [0.1, 0.15) is 23.6 Å². The summed E-state index contributed by atoms with van der Waals surface area (Å²) >= 11 is 0. The molecule has 8 heteroatoms. The van der Waals surface area contributed by atoms with Crippen molar-refractivity contribution in [3.63, 3.8) is 0 Å². The van der Waals surface area contributed by atoms with Crippen molar-refractivity contribution in [2.24, 2.45) is 0 Å². The minimum Gasteiger partial charge on any atom is -0.454 e. The summed E-state index contributed by atoms with van der Waals surface area (Å²) in [4.78, 5) is 13.9. The molecule has 0 atom stereocenters. The Bertz CT molecular complexity index is 773. The Balaban J connectivity index is 1.34. The van der Waals surface area contributed by atoms with Crippen LogP contribution >= 0.6 is 0 Å². The molecule has 1 aromatic carbocycles. The Morgan fingerprint density at radius 2 is 2.21 bits per heavy atom. The highest BCUT2D eigenvalue weighted by molar-refractivity contribution is 5.73. The Labute approximate surface area is 139 Å². The van der Waals surface area contributed by atoms with Crippen molar-refractivity contribution in [2.45, 2.75) is 32.5 Å². The number of ether oxygens (including phenoxy) is 2. The summed E-state index contributed by atoms with van der Waals surface area (Å²) in [5, 5.41) is 11.2. The van der Waals surface area contributed by atoms with Gasteiger partial charge in [0, 0.05) is 26.6 Å². The molecule has 4 rings (SSSR count). The quantitative estimate of drug-likeness (QED) is 0.914. The van der Waals surface area contributed by atoms with Crippen molar-refractivity contribution >= 4 is 6.03 Å². The van der Waals surface area contributed by atoms with Gasteiger partial charge in [-0.15, -0.1) is 10.2 Å². The van der Waals surface area contributed by atoms with E-state index in [2.05, 4.69) is 20.1 Å². The lowest BCUT2D eigenvalue weighted by molar-refractivity contribution is 0.174. The highest BCUT2D eigenvalue weighted by atomic mass is 16.7. The first kappa shape index (κ1) is 14.8. The number of benzene rings is 1. The van der Waals surface area contributed by atoms with E-state index in [1.54, 1.807) is 11.9 Å². The van der Waals surface area contributed by atoms with Crippen LogP contribution in [0.25, 0.3) is 0 Å². The molecule has 0 fully saturated rings. The summed E-state index contributed by atoms with van der Waals surface area (Å²) in [6.45, 7) is 2.05. The summed E-state index contributed by atoms with van der Waals surface area (Å²) in [6, 6.07) is 5.50. The standard InChI is InChI=1S/C16H19N5O3/c1-20(9-15-19-18-14-3-2-6-21(14)15)16(22)17-8-11-4-5-12-13(7-11)24-10-23-12/h4-5,7H,2-3,6,8-10H2,1H3,(H,17,22). The molecule has 2 aliphatic heterocycles. The van der Waals surface area contributed by atoms with Gasteiger partial charge < -0.3 is 24.3 Å². The first-order chi connectivity index (χ1) is 11.7. The van der Waals surface area contributed by atoms with Gasteiger partial charge in [0.05, 0.1) is 6.54 Å². The topological polar surface area (TPSA) is 81.5 Å². The number of aryl methyl sites for hydroxylation is 1. The van der Waals surface area contributed by atoms with Crippen LogP contribution in [-0.4, -0.2) is 39.5 Å². The minimum absolute atomic E-state index is 0.150. The number of nitrogens with one attached hydrogen (secondary N) is 1. The molecule has 3 heterocycles. The number of aromatic nitrogens is 3. The van der Waals surface area contributed by atoms with Crippen molar-refractivity contribution < 1.29 is 14.3 Å². The molecule has 126 valence electrons. The van der Waals surface area contributed by atoms with Gasteiger partial charge in [0.1, 0.15) is 5.82 Å². The van der Waals surface area contributed by atoms with Gasteiger partial charge in [-0.05, 0) is 24.1 Å². The molecule has 0 aliphatic carbocycles. The fourth-order valence-corrected chi connectivity index (χ4v) is 2.98. The van der Waals surface area contributed by atoms with Gasteiger partial charge in [-0.2, -0.15) is 0 Å². The number of amides is 2. The van der Waals surface area contributed by atoms with E-state index >= 15 is 0 Å². The molecule has 0 saturated carbocycles. The fraction of sp³-hybridized carbons (Fsp3) is 0.438. The molecule has 0 bridgehead atoms. The molecule has 0 unspecified atom stereocenters. The number of rotatable bonds is 4. The molecule has 0 radical (unpaired) electrons. The Hall–Kier alpha value is -2.77. The fourth-order valence-electron chi connectivity index (χ4n) is 2.98. The predicted molar refractivity (Wildman–Crippen MR) is 84.6 cm³/mol. The van der Waals surface area contributed by atoms with E-state index in [9.17, 15) is 4.79 Å². The van der Waals surface area contributed by atoms with E-state index in [4.69, 9.17) is 9.47 Å². The molecular formula is C16H19N5O3. The van der Waals surface area contributed by atoms with Crippen molar-refractivity contribution in [1.29, 1.82) is 0 Å². The van der Waals surface area contributed by atoms with Gasteiger partial charge in [-0.3, -0.25) is 0 Å². The molecule has 2 aliphatic rings. The smallest absolute Gasteiger partial charge is 0.317 e. The molecule has 0 saturated heterocycles. The third-order valence-corrected chi connectivity index (χ3v) is 4.29. The highest BCUT2D eigenvalue weighted by Crippen LogP contribution is 2.32. The largest absolute Gasteiger partial charge is 0.454 e. The number of hydrogen-bond acceptors (Lipinski definition) is 5. The van der Waals surface area contributed by atoms with Crippen LogP contribution in [0.4, 0.5) is 4.79 Å². The molecule has 1 aromatic heterocycles. The maximum atomic E-state index is 12.3. The second kappa shape index (κ2) is 6.03. The second-order valence-electron chi connectivity index (χ2n) is 5.99. The monoisotopic (exact) mass is 329 g/mol. The van der Waals surface area contributed by atoms with E-state index in [0.717, 1.165) is 42.3 Å². The van der Waals surface area contributed by atoms with Gasteiger partial charge in [-0.1, -0.05) is 6.07 Å². The normalized spacial score (nSPS) is 14.5. The average Bonchev–Trinajstić information content (AvgIpc) is 3.30. The summed E-state index contributed by atoms with van der Waals surface area (Å²) in [6.07, 6.45) is 2.06. The third kappa shape index (κ3) is 2.75. The van der Waals surface area contributed by atoms with Gasteiger partial charge >= 0.3 is 6.03 Å². The Kier molecular flexibility index (Phi) is 3.72. The Morgan fingerprint density at radius 3 is 3.12 bits per heavy atom. The first-order valence-electron chi connectivity index (χ1n) is 7.99. The van der Waals surface area contributed by atoms with Gasteiger partial charge in [-0.25, -0.2) is 4.79 Å². The number of urea groups is 1. The zero-order valence-electron chi connectivity index (χ0n) is 13.5. The van der Waals surface area contributed by atoms with Crippen LogP contribution in [0.3, 0.4) is 0 Å². The zero-order chi connectivity index (χ0) is 16.5. The van der Waals surface area contributed by atoms with Crippen LogP contribution in [0.2, 0.25) is 0 Å². The van der Waals surface area contributed by atoms with Crippen LogP contribution in [0, 0.1) is 0 Å². The van der Waals surface area contributed by atoms with Gasteiger partial charge in [0.2, 0.25) is 6.79 Å². The summed E-state index contributed by atoms with van der Waals surface area (Å²) in [5.41, 5.74) is 0.962. The average molecular weight is 329 g/mol. The lowest BCUT2D eigenvalue weighted by Crippen LogP contribution is -2.37. The van der Waals surface area contributed by atoms with Gasteiger partial charge in [0.15, 0.2) is 17.3 Å². The van der Waals surface area contributed by atoms with Crippen LogP contribution < -0.4 is 14.8 Å². The number of fused-ring (bicyclic) bond motifs is 2. The number of hydrogen-bond donors (Lipinski definition) is 1. The second-order valence-corrected chi connectivity index (χ2v) is 5.99. The Morgan fingerprint density at radius 1 is 1.33 bits per heavy atom. The number of carbonyl (C=O) groups excluding carboxylic acids is 1. The minimum atomic E-state index is -0.150. The van der Waals surface area contributed by atoms with E-state index in [1.807, 2.05) is 18.2 Å². The molecule has 24 heavy (non-hydrogen) atoms. The lowest BCUT2D eigenvalue weighted by Gasteiger charge is -2.17. The first-order valence-corrected chi connectivity index (χ1v) is 7.99. The van der Waals surface area contributed by atoms with E-state index in [0.29, 0.717) is 18.8 Å². The van der Waals surface area contributed by atoms with E-state index in [1.165, 1.54) is 0 Å². The molecule has 0 spiro atoms. The summed E-state index contributed by atoms with van der Waals surface area (Å²) in [7, 11) is 1.76. The number of carbonyl (C=O) groups is 1. The van der Waals surface area contributed by atoms with Crippen LogP contribution in [0.5, 0.6) is 11.5 Å². The summed E-state index contributed by atoms with van der Waals surface area (Å²) in [5.74, 6) is 3.30. The van der Waals surface area contributed by atoms with E-state index in [-0.39, 0.29) is 12.8 Å².